The molecule has 3 aliphatic rings. The van der Waals surface area contributed by atoms with E-state index in [2.05, 4.69) is 23.5 Å². The molecule has 0 spiro atoms. The fourth-order valence-corrected chi connectivity index (χ4v) is 6.43. The molecule has 0 N–H and O–H groups in total. The molecule has 1 aromatic carbocycles. The second-order valence-electron chi connectivity index (χ2n) is 11.5. The molecular formula is C31H41F5O3. The molecule has 0 amide bonds. The van der Waals surface area contributed by atoms with Gasteiger partial charge in [0, 0.05) is 24.0 Å². The summed E-state index contributed by atoms with van der Waals surface area (Å²) in [5, 5.41) is 0. The van der Waals surface area contributed by atoms with E-state index >= 15 is 0 Å². The Labute approximate surface area is 228 Å². The van der Waals surface area contributed by atoms with E-state index in [1.807, 2.05) is 6.08 Å². The molecule has 0 aromatic heterocycles. The first-order chi connectivity index (χ1) is 18.8. The highest BCUT2D eigenvalue weighted by Crippen LogP contribution is 2.46. The molecule has 2 aliphatic carbocycles. The summed E-state index contributed by atoms with van der Waals surface area (Å²) in [5.74, 6) is -4.85. The number of hydrogen-bond acceptors (Lipinski definition) is 3. The fourth-order valence-electron chi connectivity index (χ4n) is 6.43. The van der Waals surface area contributed by atoms with Crippen LogP contribution >= 0.6 is 0 Å². The number of rotatable bonds is 11. The van der Waals surface area contributed by atoms with Crippen LogP contribution in [0.2, 0.25) is 0 Å². The zero-order valence-corrected chi connectivity index (χ0v) is 22.6. The van der Waals surface area contributed by atoms with Crippen LogP contribution in [0.15, 0.2) is 36.9 Å². The molecule has 2 saturated carbocycles. The minimum atomic E-state index is -3.57. The van der Waals surface area contributed by atoms with Crippen molar-refractivity contribution in [3.8, 4) is 5.75 Å². The Morgan fingerprint density at radius 1 is 0.795 bits per heavy atom. The van der Waals surface area contributed by atoms with Gasteiger partial charge in [-0.15, -0.1) is 6.58 Å². The first kappa shape index (κ1) is 30.0. The summed E-state index contributed by atoms with van der Waals surface area (Å²) in [6, 6.07) is 0.918. The van der Waals surface area contributed by atoms with Crippen LogP contribution in [-0.4, -0.2) is 25.6 Å². The number of alkyl halides is 2. The van der Waals surface area contributed by atoms with Crippen molar-refractivity contribution >= 4 is 0 Å². The van der Waals surface area contributed by atoms with Gasteiger partial charge in [0.05, 0.1) is 19.1 Å². The van der Waals surface area contributed by atoms with Crippen molar-refractivity contribution < 1.29 is 36.2 Å². The molecule has 3 nitrogen and oxygen atoms in total. The van der Waals surface area contributed by atoms with E-state index in [-0.39, 0.29) is 19.1 Å². The Morgan fingerprint density at radius 3 is 1.92 bits per heavy atom. The van der Waals surface area contributed by atoms with Crippen molar-refractivity contribution in [1.82, 2.24) is 0 Å². The highest BCUT2D eigenvalue weighted by atomic mass is 19.3. The molecule has 1 aromatic rings. The molecule has 218 valence electrons. The highest BCUT2D eigenvalue weighted by Gasteiger charge is 2.45. The Hall–Kier alpha value is -1.93. The summed E-state index contributed by atoms with van der Waals surface area (Å²) >= 11 is 0. The van der Waals surface area contributed by atoms with E-state index < -0.39 is 35.2 Å². The van der Waals surface area contributed by atoms with Gasteiger partial charge in [-0.05, 0) is 88.9 Å². The monoisotopic (exact) mass is 556 g/mol. The van der Waals surface area contributed by atoms with Gasteiger partial charge in [0.15, 0.2) is 23.7 Å². The SMILES string of the molecule is C=CCC/C=C/CCC1COC(C2CCC(C3CCC(C(F)(F)Oc4cc(F)c(F)c(F)c4)CC3)CC2)OC1. The predicted octanol–water partition coefficient (Wildman–Crippen LogP) is 8.98. The van der Waals surface area contributed by atoms with Crippen LogP contribution in [-0.2, 0) is 9.47 Å². The molecule has 0 atom stereocenters. The molecule has 3 fully saturated rings. The lowest BCUT2D eigenvalue weighted by Crippen LogP contribution is -2.40. The molecule has 0 radical (unpaired) electrons. The number of unbranched alkanes of at least 4 members (excludes halogenated alkanes) is 1. The van der Waals surface area contributed by atoms with Crippen molar-refractivity contribution in [2.45, 2.75) is 89.4 Å². The smallest absolute Gasteiger partial charge is 0.400 e. The molecule has 39 heavy (non-hydrogen) atoms. The van der Waals surface area contributed by atoms with Gasteiger partial charge in [-0.1, -0.05) is 18.2 Å². The van der Waals surface area contributed by atoms with E-state index in [1.54, 1.807) is 0 Å². The molecule has 1 saturated heterocycles. The Kier molecular flexibility index (Phi) is 10.9. The Morgan fingerprint density at radius 2 is 1.33 bits per heavy atom. The highest BCUT2D eigenvalue weighted by molar-refractivity contribution is 5.25. The van der Waals surface area contributed by atoms with Gasteiger partial charge >= 0.3 is 6.11 Å². The van der Waals surface area contributed by atoms with E-state index in [0.717, 1.165) is 64.6 Å². The third kappa shape index (κ3) is 8.29. The maximum atomic E-state index is 14.7. The van der Waals surface area contributed by atoms with Crippen LogP contribution in [0.4, 0.5) is 22.0 Å². The largest absolute Gasteiger partial charge is 0.432 e. The van der Waals surface area contributed by atoms with Crippen molar-refractivity contribution in [3.63, 3.8) is 0 Å². The standard InChI is InChI=1S/C31H41F5O3/c1-2-3-4-5-6-7-8-21-19-37-30(38-20-21)24-11-9-22(10-12-24)23-13-15-25(16-14-23)31(35,36)39-26-17-27(32)29(34)28(33)18-26/h2,5-6,17-18,21-25,30H,1,3-4,7-16,19-20H2/b6-5+. The van der Waals surface area contributed by atoms with Crippen molar-refractivity contribution in [3.05, 3.63) is 54.4 Å². The van der Waals surface area contributed by atoms with Crippen LogP contribution in [0.25, 0.3) is 0 Å². The van der Waals surface area contributed by atoms with Gasteiger partial charge in [-0.25, -0.2) is 13.2 Å². The lowest BCUT2D eigenvalue weighted by molar-refractivity contribution is -0.231. The molecule has 1 heterocycles. The summed E-state index contributed by atoms with van der Waals surface area (Å²) in [6.07, 6.45) is 12.8. The maximum Gasteiger partial charge on any atom is 0.400 e. The van der Waals surface area contributed by atoms with Crippen LogP contribution in [0, 0.1) is 47.0 Å². The van der Waals surface area contributed by atoms with Crippen LogP contribution in [0.1, 0.15) is 77.0 Å². The quantitative estimate of drug-likeness (QED) is 0.118. The predicted molar refractivity (Wildman–Crippen MR) is 140 cm³/mol. The summed E-state index contributed by atoms with van der Waals surface area (Å²) < 4.78 is 86.3. The van der Waals surface area contributed by atoms with E-state index in [0.29, 0.717) is 48.6 Å². The average molecular weight is 557 g/mol. The number of halogens is 5. The summed E-state index contributed by atoms with van der Waals surface area (Å²) in [6.45, 7) is 5.21. The molecule has 1 aliphatic heterocycles. The second kappa shape index (κ2) is 14.1. The molecule has 0 unspecified atom stereocenters. The number of ether oxygens (including phenoxy) is 3. The van der Waals surface area contributed by atoms with Gasteiger partial charge in [-0.3, -0.25) is 0 Å². The molecule has 8 heteroatoms. The van der Waals surface area contributed by atoms with Gasteiger partial charge in [0.2, 0.25) is 0 Å². The first-order valence-electron chi connectivity index (χ1n) is 14.5. The minimum absolute atomic E-state index is 0.141. The lowest BCUT2D eigenvalue weighted by atomic mass is 9.69. The average Bonchev–Trinajstić information content (AvgIpc) is 2.94. The molecule has 4 rings (SSSR count). The van der Waals surface area contributed by atoms with E-state index in [4.69, 9.17) is 9.47 Å². The van der Waals surface area contributed by atoms with Crippen LogP contribution < -0.4 is 4.74 Å². The Bertz CT molecular complexity index is 921. The van der Waals surface area contributed by atoms with Gasteiger partial charge in [0.1, 0.15) is 5.75 Å². The fraction of sp³-hybridized carbons (Fsp3) is 0.677. The van der Waals surface area contributed by atoms with Crippen molar-refractivity contribution in [1.29, 1.82) is 0 Å². The van der Waals surface area contributed by atoms with Crippen molar-refractivity contribution in [2.75, 3.05) is 13.2 Å². The summed E-state index contributed by atoms with van der Waals surface area (Å²) in [4.78, 5) is 0. The van der Waals surface area contributed by atoms with Gasteiger partial charge in [-0.2, -0.15) is 8.78 Å². The van der Waals surface area contributed by atoms with Crippen LogP contribution in [0.3, 0.4) is 0 Å². The van der Waals surface area contributed by atoms with Crippen molar-refractivity contribution in [2.24, 2.45) is 29.6 Å². The zero-order chi connectivity index (χ0) is 27.8. The number of hydrogen-bond donors (Lipinski definition) is 0. The van der Waals surface area contributed by atoms with Gasteiger partial charge < -0.3 is 14.2 Å². The van der Waals surface area contributed by atoms with Crippen LogP contribution in [0.5, 0.6) is 5.75 Å². The van der Waals surface area contributed by atoms with Gasteiger partial charge in [0.25, 0.3) is 0 Å². The lowest BCUT2D eigenvalue weighted by Gasteiger charge is -2.41. The second-order valence-corrected chi connectivity index (χ2v) is 11.5. The maximum absolute atomic E-state index is 14.7. The number of allylic oxidation sites excluding steroid dienone is 3. The third-order valence-corrected chi connectivity index (χ3v) is 8.76. The first-order valence-corrected chi connectivity index (χ1v) is 14.5. The van der Waals surface area contributed by atoms with E-state index in [9.17, 15) is 22.0 Å². The normalized spacial score (nSPS) is 30.4. The minimum Gasteiger partial charge on any atom is -0.432 e. The third-order valence-electron chi connectivity index (χ3n) is 8.76. The number of benzene rings is 1. The molecule has 0 bridgehead atoms. The summed E-state index contributed by atoms with van der Waals surface area (Å²) in [7, 11) is 0. The Balaban J connectivity index is 1.15. The topological polar surface area (TPSA) is 27.7 Å². The van der Waals surface area contributed by atoms with E-state index in [1.165, 1.54) is 0 Å². The molecular weight excluding hydrogens is 515 g/mol. The summed E-state index contributed by atoms with van der Waals surface area (Å²) in [5.41, 5.74) is 0. The zero-order valence-electron chi connectivity index (χ0n) is 22.6.